The van der Waals surface area contributed by atoms with Crippen LogP contribution in [0.15, 0.2) is 24.5 Å². The standard InChI is InChI=1S/C16H26N4OS/c1-2-18-16(22)20(14-15-4-6-17-7-5-15)9-3-8-19-10-12-21-13-11-19/h4-7H,2-3,8-14H2,1H3,(H,18,22). The van der Waals surface area contributed by atoms with Crippen molar-refractivity contribution < 1.29 is 4.74 Å². The third-order valence-corrected chi connectivity index (χ3v) is 4.15. The number of thiocarbonyl (C=S) groups is 1. The molecule has 0 amide bonds. The van der Waals surface area contributed by atoms with Crippen molar-refractivity contribution in [1.29, 1.82) is 0 Å². The fourth-order valence-corrected chi connectivity index (χ4v) is 2.83. The number of nitrogens with one attached hydrogen (secondary N) is 1. The van der Waals surface area contributed by atoms with Gasteiger partial charge in [-0.05, 0) is 43.3 Å². The Morgan fingerprint density at radius 3 is 2.77 bits per heavy atom. The minimum atomic E-state index is 0.831. The van der Waals surface area contributed by atoms with Gasteiger partial charge in [-0.1, -0.05) is 0 Å². The first-order valence-corrected chi connectivity index (χ1v) is 8.42. The fraction of sp³-hybridized carbons (Fsp3) is 0.625. The van der Waals surface area contributed by atoms with Crippen LogP contribution in [-0.4, -0.2) is 65.8 Å². The predicted octanol–water partition coefficient (Wildman–Crippen LogP) is 1.50. The smallest absolute Gasteiger partial charge is 0.169 e. The van der Waals surface area contributed by atoms with Crippen LogP contribution < -0.4 is 5.32 Å². The molecule has 0 bridgehead atoms. The largest absolute Gasteiger partial charge is 0.379 e. The van der Waals surface area contributed by atoms with Gasteiger partial charge < -0.3 is 15.0 Å². The first-order chi connectivity index (χ1) is 10.8. The van der Waals surface area contributed by atoms with Crippen LogP contribution in [0.3, 0.4) is 0 Å². The molecule has 22 heavy (non-hydrogen) atoms. The van der Waals surface area contributed by atoms with Gasteiger partial charge in [-0.25, -0.2) is 0 Å². The lowest BCUT2D eigenvalue weighted by Gasteiger charge is -2.29. The van der Waals surface area contributed by atoms with E-state index in [1.54, 1.807) is 0 Å². The first kappa shape index (κ1) is 17.1. The monoisotopic (exact) mass is 322 g/mol. The SMILES string of the molecule is CCNC(=S)N(CCCN1CCOCC1)Cc1ccncc1. The molecule has 6 heteroatoms. The highest BCUT2D eigenvalue weighted by atomic mass is 32.1. The van der Waals surface area contributed by atoms with Crippen LogP contribution in [0, 0.1) is 0 Å². The molecule has 0 unspecified atom stereocenters. The molecule has 1 aromatic rings. The van der Waals surface area contributed by atoms with Crippen molar-refractivity contribution in [3.05, 3.63) is 30.1 Å². The molecule has 0 aromatic carbocycles. The summed E-state index contributed by atoms with van der Waals surface area (Å²) in [7, 11) is 0. The minimum absolute atomic E-state index is 0.831. The molecule has 122 valence electrons. The maximum atomic E-state index is 5.51. The lowest BCUT2D eigenvalue weighted by molar-refractivity contribution is 0.0367. The number of hydrogen-bond acceptors (Lipinski definition) is 4. The minimum Gasteiger partial charge on any atom is -0.379 e. The third kappa shape index (κ3) is 5.87. The van der Waals surface area contributed by atoms with E-state index in [1.165, 1.54) is 5.56 Å². The second-order valence-electron chi connectivity index (χ2n) is 5.42. The number of pyridine rings is 1. The zero-order chi connectivity index (χ0) is 15.6. The summed E-state index contributed by atoms with van der Waals surface area (Å²) in [5, 5.41) is 4.10. The molecule has 1 saturated heterocycles. The summed E-state index contributed by atoms with van der Waals surface area (Å²) in [5.74, 6) is 0. The van der Waals surface area contributed by atoms with Gasteiger partial charge in [-0.3, -0.25) is 9.88 Å². The number of morpholine rings is 1. The summed E-state index contributed by atoms with van der Waals surface area (Å²) in [5.41, 5.74) is 1.24. The number of nitrogens with zero attached hydrogens (tertiary/aromatic N) is 3. The molecule has 1 fully saturated rings. The summed E-state index contributed by atoms with van der Waals surface area (Å²) >= 11 is 5.51. The van der Waals surface area contributed by atoms with E-state index in [9.17, 15) is 0 Å². The summed E-state index contributed by atoms with van der Waals surface area (Å²) in [6.07, 6.45) is 4.77. The van der Waals surface area contributed by atoms with E-state index in [-0.39, 0.29) is 0 Å². The van der Waals surface area contributed by atoms with Crippen LogP contribution in [0.25, 0.3) is 0 Å². The zero-order valence-electron chi connectivity index (χ0n) is 13.3. The summed E-state index contributed by atoms with van der Waals surface area (Å²) in [6.45, 7) is 9.63. The molecule has 2 heterocycles. The highest BCUT2D eigenvalue weighted by molar-refractivity contribution is 7.80. The molecule has 0 saturated carbocycles. The van der Waals surface area contributed by atoms with Gasteiger partial charge in [-0.2, -0.15) is 0 Å². The molecule has 5 nitrogen and oxygen atoms in total. The quantitative estimate of drug-likeness (QED) is 0.767. The highest BCUT2D eigenvalue weighted by Crippen LogP contribution is 2.06. The summed E-state index contributed by atoms with van der Waals surface area (Å²) in [6, 6.07) is 4.09. The van der Waals surface area contributed by atoms with Crippen LogP contribution in [0.5, 0.6) is 0 Å². The predicted molar refractivity (Wildman–Crippen MR) is 92.8 cm³/mol. The Balaban J connectivity index is 1.82. The Hall–Kier alpha value is -1.24. The Morgan fingerprint density at radius 2 is 2.09 bits per heavy atom. The second kappa shape index (κ2) is 9.71. The molecule has 0 aliphatic carbocycles. The van der Waals surface area contributed by atoms with Gasteiger partial charge in [0.05, 0.1) is 13.2 Å². The van der Waals surface area contributed by atoms with Gasteiger partial charge in [0.2, 0.25) is 0 Å². The molecule has 2 rings (SSSR count). The molecule has 0 spiro atoms. The molecule has 1 aliphatic rings. The van der Waals surface area contributed by atoms with Gasteiger partial charge in [0.1, 0.15) is 0 Å². The van der Waals surface area contributed by atoms with Crippen LogP contribution in [0.1, 0.15) is 18.9 Å². The van der Waals surface area contributed by atoms with E-state index in [2.05, 4.69) is 27.0 Å². The molecule has 0 radical (unpaired) electrons. The lowest BCUT2D eigenvalue weighted by atomic mass is 10.2. The van der Waals surface area contributed by atoms with Crippen LogP contribution in [0.4, 0.5) is 0 Å². The number of hydrogen-bond donors (Lipinski definition) is 1. The van der Waals surface area contributed by atoms with Gasteiger partial charge in [-0.15, -0.1) is 0 Å². The van der Waals surface area contributed by atoms with Crippen LogP contribution in [-0.2, 0) is 11.3 Å². The second-order valence-corrected chi connectivity index (χ2v) is 5.81. The van der Waals surface area contributed by atoms with Crippen LogP contribution in [0.2, 0.25) is 0 Å². The maximum absolute atomic E-state index is 5.51. The van der Waals surface area contributed by atoms with Crippen molar-refractivity contribution in [2.45, 2.75) is 19.9 Å². The van der Waals surface area contributed by atoms with Gasteiger partial charge >= 0.3 is 0 Å². The Labute approximate surface area is 138 Å². The zero-order valence-corrected chi connectivity index (χ0v) is 14.1. The Kier molecular flexibility index (Phi) is 7.56. The first-order valence-electron chi connectivity index (χ1n) is 8.01. The van der Waals surface area contributed by atoms with Crippen molar-refractivity contribution in [3.63, 3.8) is 0 Å². The number of ether oxygens (including phenoxy) is 1. The van der Waals surface area contributed by atoms with E-state index < -0.39 is 0 Å². The van der Waals surface area contributed by atoms with Crippen molar-refractivity contribution in [2.75, 3.05) is 45.9 Å². The van der Waals surface area contributed by atoms with E-state index in [4.69, 9.17) is 17.0 Å². The number of aromatic nitrogens is 1. The fourth-order valence-electron chi connectivity index (χ4n) is 2.53. The van der Waals surface area contributed by atoms with Gasteiger partial charge in [0.15, 0.2) is 5.11 Å². The Bertz CT molecular complexity index is 437. The highest BCUT2D eigenvalue weighted by Gasteiger charge is 2.13. The third-order valence-electron chi connectivity index (χ3n) is 3.74. The van der Waals surface area contributed by atoms with Crippen molar-refractivity contribution in [3.8, 4) is 0 Å². The van der Waals surface area contributed by atoms with Crippen molar-refractivity contribution in [1.82, 2.24) is 20.1 Å². The molecule has 1 N–H and O–H groups in total. The number of rotatable bonds is 7. The van der Waals surface area contributed by atoms with E-state index in [0.29, 0.717) is 0 Å². The molecule has 1 aromatic heterocycles. The molecular formula is C16H26N4OS. The molecular weight excluding hydrogens is 296 g/mol. The lowest BCUT2D eigenvalue weighted by Crippen LogP contribution is -2.42. The van der Waals surface area contributed by atoms with Gasteiger partial charge in [0.25, 0.3) is 0 Å². The van der Waals surface area contributed by atoms with Crippen molar-refractivity contribution >= 4 is 17.3 Å². The maximum Gasteiger partial charge on any atom is 0.169 e. The summed E-state index contributed by atoms with van der Waals surface area (Å²) in [4.78, 5) is 8.78. The van der Waals surface area contributed by atoms with E-state index >= 15 is 0 Å². The normalized spacial score (nSPS) is 15.5. The van der Waals surface area contributed by atoms with Gasteiger partial charge in [0, 0.05) is 51.7 Å². The summed E-state index contributed by atoms with van der Waals surface area (Å²) < 4.78 is 5.39. The van der Waals surface area contributed by atoms with Crippen LogP contribution >= 0.6 is 12.2 Å². The average Bonchev–Trinajstić information content (AvgIpc) is 2.56. The Morgan fingerprint density at radius 1 is 1.36 bits per heavy atom. The average molecular weight is 322 g/mol. The van der Waals surface area contributed by atoms with E-state index in [0.717, 1.165) is 64.0 Å². The molecule has 1 aliphatic heterocycles. The van der Waals surface area contributed by atoms with E-state index in [1.807, 2.05) is 24.5 Å². The topological polar surface area (TPSA) is 40.6 Å². The molecule has 0 atom stereocenters. The van der Waals surface area contributed by atoms with Crippen molar-refractivity contribution in [2.24, 2.45) is 0 Å².